The van der Waals surface area contributed by atoms with Gasteiger partial charge in [0.25, 0.3) is 16.0 Å². The van der Waals surface area contributed by atoms with Crippen molar-refractivity contribution in [2.75, 3.05) is 12.8 Å². The summed E-state index contributed by atoms with van der Waals surface area (Å²) in [7, 11) is -4.02. The quantitative estimate of drug-likeness (QED) is 0.463. The van der Waals surface area contributed by atoms with Gasteiger partial charge >= 0.3 is 0 Å². The minimum absolute atomic E-state index is 0.229. The van der Waals surface area contributed by atoms with Gasteiger partial charge in [-0.1, -0.05) is 36.4 Å². The Kier molecular flexibility index (Phi) is 7.23. The first-order valence-corrected chi connectivity index (χ1v) is 13.2. The molecule has 2 N–H and O–H groups in total. The Labute approximate surface area is 207 Å². The molecule has 0 saturated carbocycles. The van der Waals surface area contributed by atoms with Crippen molar-refractivity contribution in [2.24, 2.45) is 0 Å². The molecule has 0 bridgehead atoms. The average molecular weight is 516 g/mol. The van der Waals surface area contributed by atoms with Crippen molar-refractivity contribution in [3.63, 3.8) is 0 Å². The van der Waals surface area contributed by atoms with Crippen LogP contribution in [0.1, 0.15) is 45.9 Å². The highest BCUT2D eigenvalue weighted by Crippen LogP contribution is 2.39. The molecular weight excluding hydrogens is 489 g/mol. The zero-order valence-electron chi connectivity index (χ0n) is 19.7. The third kappa shape index (κ3) is 5.31. The minimum Gasteiger partial charge on any atom is -0.502 e. The summed E-state index contributed by atoms with van der Waals surface area (Å²) < 4.78 is 44.9. The topological polar surface area (TPSA) is 130 Å². The molecule has 0 radical (unpaired) electrons. The number of rotatable bonds is 7. The van der Waals surface area contributed by atoms with E-state index in [4.69, 9.17) is 4.18 Å². The average Bonchev–Trinajstić information content (AvgIpc) is 3.30. The lowest BCUT2D eigenvalue weighted by atomic mass is 9.81. The van der Waals surface area contributed by atoms with Gasteiger partial charge in [-0.25, -0.2) is 4.39 Å². The van der Waals surface area contributed by atoms with Crippen LogP contribution in [-0.2, 0) is 14.3 Å². The molecule has 1 fully saturated rings. The van der Waals surface area contributed by atoms with Crippen molar-refractivity contribution in [3.05, 3.63) is 93.2 Å². The van der Waals surface area contributed by atoms with E-state index >= 15 is 0 Å². The summed E-state index contributed by atoms with van der Waals surface area (Å²) >= 11 is 0. The first-order valence-electron chi connectivity index (χ1n) is 11.3. The van der Waals surface area contributed by atoms with Crippen molar-refractivity contribution < 1.29 is 26.9 Å². The standard InChI is InChI=1S/C25H26FN3O6S/c1-15-7-3-4-10-18(15)21(16-8-5-9-17(26)13-16)24(35-36(2,33)34)19-11-6-12-29(19)25(32)22-23(31)20(30)14-27-28-22/h3-5,7-10,13-14,19,21,24H,6,11-12H2,1-2H3,(H,27,31)(H,28,30)/t19-,21+,24+/m1/s1. The molecule has 9 nitrogen and oxygen atoms in total. The number of carbonyl (C=O) groups is 1. The molecule has 4 rings (SSSR count). The second-order valence-corrected chi connectivity index (χ2v) is 10.4. The number of likely N-dealkylation sites (tertiary alicyclic amines) is 1. The molecule has 2 aromatic carbocycles. The lowest BCUT2D eigenvalue weighted by Gasteiger charge is -2.36. The van der Waals surface area contributed by atoms with Gasteiger partial charge in [-0.2, -0.15) is 13.5 Å². The van der Waals surface area contributed by atoms with Gasteiger partial charge in [-0.3, -0.25) is 18.9 Å². The van der Waals surface area contributed by atoms with Crippen LogP contribution in [-0.4, -0.2) is 59.5 Å². The van der Waals surface area contributed by atoms with Gasteiger partial charge in [0.1, 0.15) is 11.9 Å². The maximum atomic E-state index is 14.3. The number of H-pyrrole nitrogens is 1. The van der Waals surface area contributed by atoms with Gasteiger partial charge in [0.2, 0.25) is 5.43 Å². The van der Waals surface area contributed by atoms with Crippen molar-refractivity contribution in [3.8, 4) is 5.75 Å². The van der Waals surface area contributed by atoms with Gasteiger partial charge in [-0.15, -0.1) is 0 Å². The van der Waals surface area contributed by atoms with E-state index in [1.807, 2.05) is 25.1 Å². The largest absolute Gasteiger partial charge is 0.502 e. The summed E-state index contributed by atoms with van der Waals surface area (Å²) in [5.74, 6) is -2.75. The first-order chi connectivity index (χ1) is 17.1. The molecule has 1 saturated heterocycles. The molecule has 0 aliphatic carbocycles. The number of benzene rings is 2. The molecule has 2 heterocycles. The van der Waals surface area contributed by atoms with E-state index < -0.39 is 56.8 Å². The first kappa shape index (κ1) is 25.5. The van der Waals surface area contributed by atoms with Crippen molar-refractivity contribution in [1.82, 2.24) is 15.1 Å². The number of aromatic hydroxyl groups is 1. The molecule has 190 valence electrons. The SMILES string of the molecule is Cc1ccccc1[C@H](c1cccc(F)c1)[C@@H](OS(C)(=O)=O)[C@H]1CCCN1C(=O)c1[nH]ncc(=O)c1O. The fourth-order valence-electron chi connectivity index (χ4n) is 4.80. The number of nitrogens with zero attached hydrogens (tertiary/aromatic N) is 2. The molecule has 36 heavy (non-hydrogen) atoms. The zero-order valence-corrected chi connectivity index (χ0v) is 20.5. The highest BCUT2D eigenvalue weighted by Gasteiger charge is 2.43. The molecule has 11 heteroatoms. The molecule has 0 spiro atoms. The van der Waals surface area contributed by atoms with Gasteiger partial charge in [0.15, 0.2) is 11.4 Å². The minimum atomic E-state index is -4.02. The van der Waals surface area contributed by atoms with Crippen LogP contribution in [0.25, 0.3) is 0 Å². The van der Waals surface area contributed by atoms with E-state index in [1.165, 1.54) is 23.1 Å². The third-order valence-electron chi connectivity index (χ3n) is 6.33. The lowest BCUT2D eigenvalue weighted by Crippen LogP contribution is -2.48. The second kappa shape index (κ2) is 10.2. The van der Waals surface area contributed by atoms with E-state index in [9.17, 15) is 27.5 Å². The lowest BCUT2D eigenvalue weighted by molar-refractivity contribution is 0.0526. The van der Waals surface area contributed by atoms with Crippen molar-refractivity contribution in [1.29, 1.82) is 0 Å². The van der Waals surface area contributed by atoms with Gasteiger partial charge in [0, 0.05) is 12.5 Å². The summed E-state index contributed by atoms with van der Waals surface area (Å²) in [6.07, 6.45) is 1.55. The summed E-state index contributed by atoms with van der Waals surface area (Å²) in [5, 5.41) is 16.1. The van der Waals surface area contributed by atoms with Crippen LogP contribution in [0.3, 0.4) is 0 Å². The highest BCUT2D eigenvalue weighted by atomic mass is 32.2. The smallest absolute Gasteiger partial charge is 0.276 e. The maximum Gasteiger partial charge on any atom is 0.276 e. The number of hydrogen-bond donors (Lipinski definition) is 2. The Bertz CT molecular complexity index is 1440. The van der Waals surface area contributed by atoms with Gasteiger partial charge in [0.05, 0.1) is 18.5 Å². The van der Waals surface area contributed by atoms with E-state index in [-0.39, 0.29) is 6.54 Å². The zero-order chi connectivity index (χ0) is 26.0. The summed E-state index contributed by atoms with van der Waals surface area (Å²) in [6, 6.07) is 12.4. The van der Waals surface area contributed by atoms with Crippen LogP contribution in [0.5, 0.6) is 5.75 Å². The molecular formula is C25H26FN3O6S. The Morgan fingerprint density at radius 3 is 2.69 bits per heavy atom. The Morgan fingerprint density at radius 1 is 1.25 bits per heavy atom. The number of nitrogens with one attached hydrogen (secondary N) is 1. The van der Waals surface area contributed by atoms with Crippen LogP contribution < -0.4 is 5.43 Å². The van der Waals surface area contributed by atoms with Crippen molar-refractivity contribution in [2.45, 2.75) is 37.8 Å². The maximum absolute atomic E-state index is 14.3. The van der Waals surface area contributed by atoms with Crippen molar-refractivity contribution >= 4 is 16.0 Å². The number of aryl methyl sites for hydroxylation is 1. The predicted molar refractivity (Wildman–Crippen MR) is 130 cm³/mol. The summed E-state index contributed by atoms with van der Waals surface area (Å²) in [4.78, 5) is 26.6. The molecule has 1 aromatic heterocycles. The monoisotopic (exact) mass is 515 g/mol. The number of aromatic nitrogens is 2. The Morgan fingerprint density at radius 2 is 2.00 bits per heavy atom. The van der Waals surface area contributed by atoms with E-state index in [1.54, 1.807) is 12.1 Å². The fourth-order valence-corrected chi connectivity index (χ4v) is 5.44. The number of hydrogen-bond acceptors (Lipinski definition) is 7. The predicted octanol–water partition coefficient (Wildman–Crippen LogP) is 2.70. The second-order valence-electron chi connectivity index (χ2n) is 8.82. The number of halogens is 1. The molecule has 1 aliphatic rings. The highest BCUT2D eigenvalue weighted by molar-refractivity contribution is 7.86. The number of aromatic amines is 1. The Hall–Kier alpha value is -3.57. The van der Waals surface area contributed by atoms with Crippen LogP contribution in [0, 0.1) is 12.7 Å². The van der Waals surface area contributed by atoms with Crippen LogP contribution in [0.4, 0.5) is 4.39 Å². The molecule has 1 amide bonds. The van der Waals surface area contributed by atoms with E-state index in [0.717, 1.165) is 18.0 Å². The summed E-state index contributed by atoms with van der Waals surface area (Å²) in [5.41, 5.74) is 0.808. The van der Waals surface area contributed by atoms with E-state index in [2.05, 4.69) is 10.2 Å². The molecule has 1 aliphatic heterocycles. The normalized spacial score (nSPS) is 17.6. The molecule has 3 aromatic rings. The Balaban J connectivity index is 1.86. The van der Waals surface area contributed by atoms with Crippen LogP contribution >= 0.6 is 0 Å². The van der Waals surface area contributed by atoms with Gasteiger partial charge < -0.3 is 10.0 Å². The fraction of sp³-hybridized carbons (Fsp3) is 0.320. The molecule has 0 unspecified atom stereocenters. The summed E-state index contributed by atoms with van der Waals surface area (Å²) in [6.45, 7) is 2.09. The number of amides is 1. The molecule has 3 atom stereocenters. The number of carbonyl (C=O) groups excluding carboxylic acids is 1. The van der Waals surface area contributed by atoms with Crippen LogP contribution in [0.15, 0.2) is 59.5 Å². The van der Waals surface area contributed by atoms with Crippen LogP contribution in [0.2, 0.25) is 0 Å². The third-order valence-corrected chi connectivity index (χ3v) is 6.90. The van der Waals surface area contributed by atoms with E-state index in [0.29, 0.717) is 24.0 Å². The van der Waals surface area contributed by atoms with Gasteiger partial charge in [-0.05, 0) is 48.6 Å².